The molecule has 0 unspecified atom stereocenters. The van der Waals surface area contributed by atoms with Crippen LogP contribution in [0.2, 0.25) is 5.02 Å². The number of carboxylic acid groups (broad SMARTS) is 1. The molecule has 5 heteroatoms. The molecule has 4 nitrogen and oxygen atoms in total. The molecule has 0 aliphatic carbocycles. The van der Waals surface area contributed by atoms with Crippen LogP contribution < -0.4 is 4.90 Å². The lowest BCUT2D eigenvalue weighted by atomic mass is 10.1. The third-order valence-corrected chi connectivity index (χ3v) is 3.17. The molecule has 1 heterocycles. The number of carbonyl (C=O) groups is 2. The van der Waals surface area contributed by atoms with Gasteiger partial charge in [0.2, 0.25) is 5.91 Å². The van der Waals surface area contributed by atoms with Gasteiger partial charge in [0.1, 0.15) is 0 Å². The minimum atomic E-state index is -0.930. The summed E-state index contributed by atoms with van der Waals surface area (Å²) in [5.74, 6) is -1.72. The van der Waals surface area contributed by atoms with Crippen LogP contribution in [0.5, 0.6) is 0 Å². The average Bonchev–Trinajstić information content (AvgIpc) is 2.64. The lowest BCUT2D eigenvalue weighted by Crippen LogP contribution is -2.26. The number of rotatable bonds is 2. The van der Waals surface area contributed by atoms with Crippen LogP contribution in [-0.2, 0) is 9.59 Å². The van der Waals surface area contributed by atoms with Crippen molar-refractivity contribution in [1.29, 1.82) is 0 Å². The Morgan fingerprint density at radius 2 is 2.24 bits per heavy atom. The molecule has 17 heavy (non-hydrogen) atoms. The average molecular weight is 254 g/mol. The minimum Gasteiger partial charge on any atom is -0.481 e. The van der Waals surface area contributed by atoms with Crippen LogP contribution in [0.3, 0.4) is 0 Å². The van der Waals surface area contributed by atoms with Gasteiger partial charge in [-0.25, -0.2) is 0 Å². The number of aliphatic carboxylic acids is 1. The monoisotopic (exact) mass is 253 g/mol. The molecule has 1 N–H and O–H groups in total. The molecule has 1 atom stereocenters. The van der Waals surface area contributed by atoms with E-state index in [2.05, 4.69) is 0 Å². The molecule has 1 aliphatic rings. The van der Waals surface area contributed by atoms with Crippen LogP contribution in [0.15, 0.2) is 18.2 Å². The maximum atomic E-state index is 11.8. The van der Waals surface area contributed by atoms with Crippen LogP contribution in [0.4, 0.5) is 5.69 Å². The maximum absolute atomic E-state index is 11.8. The molecule has 0 radical (unpaired) electrons. The zero-order valence-corrected chi connectivity index (χ0v) is 10.1. The van der Waals surface area contributed by atoms with E-state index in [1.165, 1.54) is 4.90 Å². The standard InChI is InChI=1S/C12H12ClNO3/c1-7-2-3-9(13)5-10(7)14-6-8(12(16)17)4-11(14)15/h2-3,5,8H,4,6H2,1H3,(H,16,17)/t8-/m1/s1. The summed E-state index contributed by atoms with van der Waals surface area (Å²) in [6.07, 6.45) is 0.0568. The first-order valence-corrected chi connectivity index (χ1v) is 5.66. The number of hydrogen-bond acceptors (Lipinski definition) is 2. The molecule has 1 fully saturated rings. The third kappa shape index (κ3) is 2.26. The van der Waals surface area contributed by atoms with Crippen molar-refractivity contribution < 1.29 is 14.7 Å². The lowest BCUT2D eigenvalue weighted by Gasteiger charge is -2.18. The molecule has 0 spiro atoms. The van der Waals surface area contributed by atoms with E-state index < -0.39 is 11.9 Å². The van der Waals surface area contributed by atoms with Gasteiger partial charge in [0, 0.05) is 23.7 Å². The summed E-state index contributed by atoms with van der Waals surface area (Å²) in [5.41, 5.74) is 1.61. The number of anilines is 1. The van der Waals surface area contributed by atoms with Crippen molar-refractivity contribution in [3.8, 4) is 0 Å². The van der Waals surface area contributed by atoms with Gasteiger partial charge < -0.3 is 10.0 Å². The maximum Gasteiger partial charge on any atom is 0.308 e. The third-order valence-electron chi connectivity index (χ3n) is 2.94. The van der Waals surface area contributed by atoms with E-state index in [1.54, 1.807) is 12.1 Å². The van der Waals surface area contributed by atoms with Crippen molar-refractivity contribution in [3.05, 3.63) is 28.8 Å². The van der Waals surface area contributed by atoms with Crippen molar-refractivity contribution in [3.63, 3.8) is 0 Å². The molecule has 1 saturated heterocycles. The molecule has 1 aromatic rings. The Bertz CT molecular complexity index is 487. The topological polar surface area (TPSA) is 57.6 Å². The van der Waals surface area contributed by atoms with E-state index in [0.717, 1.165) is 5.56 Å². The molecule has 0 aromatic heterocycles. The number of nitrogens with zero attached hydrogens (tertiary/aromatic N) is 1. The zero-order chi connectivity index (χ0) is 12.6. The Kier molecular flexibility index (Phi) is 3.07. The fourth-order valence-electron chi connectivity index (χ4n) is 1.98. The van der Waals surface area contributed by atoms with E-state index in [4.69, 9.17) is 16.7 Å². The number of carbonyl (C=O) groups excluding carboxylic acids is 1. The van der Waals surface area contributed by atoms with E-state index in [9.17, 15) is 9.59 Å². The lowest BCUT2D eigenvalue weighted by molar-refractivity contribution is -0.141. The highest BCUT2D eigenvalue weighted by molar-refractivity contribution is 6.31. The fourth-order valence-corrected chi connectivity index (χ4v) is 2.15. The molecule has 0 bridgehead atoms. The Morgan fingerprint density at radius 3 is 2.82 bits per heavy atom. The molecule has 0 saturated carbocycles. The van der Waals surface area contributed by atoms with Crippen LogP contribution >= 0.6 is 11.6 Å². The van der Waals surface area contributed by atoms with Gasteiger partial charge in [0.25, 0.3) is 0 Å². The summed E-state index contributed by atoms with van der Waals surface area (Å²) >= 11 is 5.89. The highest BCUT2D eigenvalue weighted by Crippen LogP contribution is 2.30. The highest BCUT2D eigenvalue weighted by Gasteiger charge is 2.35. The Balaban J connectivity index is 2.32. The number of carboxylic acids is 1. The molecular formula is C12H12ClNO3. The van der Waals surface area contributed by atoms with Crippen molar-refractivity contribution in [2.45, 2.75) is 13.3 Å². The number of halogens is 1. The normalized spacial score (nSPS) is 19.8. The molecular weight excluding hydrogens is 242 g/mol. The number of aryl methyl sites for hydroxylation is 1. The van der Waals surface area contributed by atoms with Crippen molar-refractivity contribution in [2.24, 2.45) is 5.92 Å². The largest absolute Gasteiger partial charge is 0.481 e. The minimum absolute atomic E-state index is 0.0568. The van der Waals surface area contributed by atoms with E-state index in [-0.39, 0.29) is 18.9 Å². The van der Waals surface area contributed by atoms with Gasteiger partial charge >= 0.3 is 5.97 Å². The zero-order valence-electron chi connectivity index (χ0n) is 9.31. The van der Waals surface area contributed by atoms with Crippen molar-refractivity contribution >= 4 is 29.2 Å². The number of amides is 1. The smallest absolute Gasteiger partial charge is 0.308 e. The molecule has 1 amide bonds. The highest BCUT2D eigenvalue weighted by atomic mass is 35.5. The first-order chi connectivity index (χ1) is 7.99. The van der Waals surface area contributed by atoms with E-state index >= 15 is 0 Å². The molecule has 2 rings (SSSR count). The van der Waals surface area contributed by atoms with Gasteiger partial charge in [-0.3, -0.25) is 9.59 Å². The SMILES string of the molecule is Cc1ccc(Cl)cc1N1C[C@H](C(=O)O)CC1=O. The second-order valence-electron chi connectivity index (χ2n) is 4.17. The van der Waals surface area contributed by atoms with E-state index in [0.29, 0.717) is 10.7 Å². The first-order valence-electron chi connectivity index (χ1n) is 5.28. The predicted octanol–water partition coefficient (Wildman–Crippen LogP) is 2.09. The Labute approximate surface area is 104 Å². The summed E-state index contributed by atoms with van der Waals surface area (Å²) in [5, 5.41) is 9.45. The predicted molar refractivity (Wildman–Crippen MR) is 64.3 cm³/mol. The van der Waals surface area contributed by atoms with Gasteiger partial charge in [0.15, 0.2) is 0 Å². The Morgan fingerprint density at radius 1 is 1.53 bits per heavy atom. The number of hydrogen-bond donors (Lipinski definition) is 1. The second-order valence-corrected chi connectivity index (χ2v) is 4.61. The van der Waals surface area contributed by atoms with Crippen LogP contribution in [0.1, 0.15) is 12.0 Å². The summed E-state index contributed by atoms with van der Waals surface area (Å²) in [6.45, 7) is 2.09. The summed E-state index contributed by atoms with van der Waals surface area (Å²) in [6, 6.07) is 5.26. The molecule has 1 aromatic carbocycles. The van der Waals surface area contributed by atoms with Gasteiger partial charge in [-0.15, -0.1) is 0 Å². The summed E-state index contributed by atoms with van der Waals surface area (Å²) < 4.78 is 0. The summed E-state index contributed by atoms with van der Waals surface area (Å²) in [7, 11) is 0. The molecule has 90 valence electrons. The fraction of sp³-hybridized carbons (Fsp3) is 0.333. The van der Waals surface area contributed by atoms with Crippen molar-refractivity contribution in [2.75, 3.05) is 11.4 Å². The van der Waals surface area contributed by atoms with Gasteiger partial charge in [-0.1, -0.05) is 17.7 Å². The Hall–Kier alpha value is -1.55. The van der Waals surface area contributed by atoms with Gasteiger partial charge in [0.05, 0.1) is 5.92 Å². The van der Waals surface area contributed by atoms with Crippen LogP contribution in [0, 0.1) is 12.8 Å². The van der Waals surface area contributed by atoms with Gasteiger partial charge in [-0.2, -0.15) is 0 Å². The second kappa shape index (κ2) is 4.37. The van der Waals surface area contributed by atoms with Crippen LogP contribution in [-0.4, -0.2) is 23.5 Å². The van der Waals surface area contributed by atoms with Gasteiger partial charge in [-0.05, 0) is 24.6 Å². The number of benzene rings is 1. The van der Waals surface area contributed by atoms with Crippen molar-refractivity contribution in [1.82, 2.24) is 0 Å². The summed E-state index contributed by atoms with van der Waals surface area (Å²) in [4.78, 5) is 24.1. The molecule has 1 aliphatic heterocycles. The van der Waals surface area contributed by atoms with E-state index in [1.807, 2.05) is 13.0 Å². The quantitative estimate of drug-likeness (QED) is 0.878. The van der Waals surface area contributed by atoms with Crippen LogP contribution in [0.25, 0.3) is 0 Å². The first kappa shape index (κ1) is 11.9.